The summed E-state index contributed by atoms with van der Waals surface area (Å²) in [5.41, 5.74) is 1.14. The van der Waals surface area contributed by atoms with Crippen molar-refractivity contribution in [3.05, 3.63) is 63.6 Å². The zero-order valence-electron chi connectivity index (χ0n) is 9.68. The van der Waals surface area contributed by atoms with Crippen LogP contribution in [0.15, 0.2) is 47.5 Å². The van der Waals surface area contributed by atoms with Crippen LogP contribution in [0.25, 0.3) is 0 Å². The smallest absolute Gasteiger partial charge is 0.337 e. The normalized spacial score (nSPS) is 10.8. The van der Waals surface area contributed by atoms with Gasteiger partial charge in [-0.05, 0) is 18.2 Å². The van der Waals surface area contributed by atoms with Gasteiger partial charge in [-0.25, -0.2) is 4.79 Å². The highest BCUT2D eigenvalue weighted by molar-refractivity contribution is 6.43. The van der Waals surface area contributed by atoms with Gasteiger partial charge in [0.1, 0.15) is 0 Å². The zero-order chi connectivity index (χ0) is 13.8. The van der Waals surface area contributed by atoms with Gasteiger partial charge in [0.15, 0.2) is 0 Å². The largest absolute Gasteiger partial charge is 0.478 e. The van der Waals surface area contributed by atoms with E-state index in [1.807, 2.05) is 0 Å². The molecule has 0 fully saturated rings. The number of hydrogen-bond acceptors (Lipinski definition) is 2. The van der Waals surface area contributed by atoms with Gasteiger partial charge >= 0.3 is 5.97 Å². The van der Waals surface area contributed by atoms with Crippen LogP contribution in [-0.2, 0) is 0 Å². The van der Waals surface area contributed by atoms with Crippen LogP contribution in [0, 0.1) is 0 Å². The van der Waals surface area contributed by atoms with E-state index in [9.17, 15) is 4.79 Å². The van der Waals surface area contributed by atoms with E-state index in [4.69, 9.17) is 28.3 Å². The minimum Gasteiger partial charge on any atom is -0.478 e. The molecule has 1 N–H and O–H groups in total. The first-order chi connectivity index (χ1) is 9.09. The van der Waals surface area contributed by atoms with Gasteiger partial charge in [0.25, 0.3) is 0 Å². The van der Waals surface area contributed by atoms with Gasteiger partial charge in [0.2, 0.25) is 0 Å². The van der Waals surface area contributed by atoms with E-state index in [0.29, 0.717) is 21.3 Å². The number of para-hydroxylation sites is 1. The first-order valence-electron chi connectivity index (χ1n) is 5.40. The van der Waals surface area contributed by atoms with Crippen molar-refractivity contribution in [2.45, 2.75) is 0 Å². The van der Waals surface area contributed by atoms with Gasteiger partial charge in [-0.1, -0.05) is 47.5 Å². The average molecular weight is 294 g/mol. The van der Waals surface area contributed by atoms with E-state index in [1.165, 1.54) is 12.3 Å². The molecule has 0 atom stereocenters. The number of aromatic carboxylic acids is 1. The predicted molar refractivity (Wildman–Crippen MR) is 77.1 cm³/mol. The highest BCUT2D eigenvalue weighted by atomic mass is 35.5. The standard InChI is InChI=1S/C14H9Cl2NO2/c15-11-6-3-4-9(13(11)16)8-17-12-7-2-1-5-10(12)14(18)19/h1-8H,(H,18,19). The monoisotopic (exact) mass is 293 g/mol. The molecule has 2 rings (SSSR count). The molecule has 96 valence electrons. The van der Waals surface area contributed by atoms with Gasteiger partial charge in [-0.15, -0.1) is 0 Å². The minimum absolute atomic E-state index is 0.136. The van der Waals surface area contributed by atoms with Gasteiger partial charge in [0.05, 0.1) is 21.3 Å². The molecule has 5 heteroatoms. The Balaban J connectivity index is 2.38. The van der Waals surface area contributed by atoms with Crippen LogP contribution in [0.4, 0.5) is 5.69 Å². The number of hydrogen-bond donors (Lipinski definition) is 1. The molecular formula is C14H9Cl2NO2. The topological polar surface area (TPSA) is 49.7 Å². The van der Waals surface area contributed by atoms with Crippen LogP contribution in [0.2, 0.25) is 10.0 Å². The highest BCUT2D eigenvalue weighted by Crippen LogP contribution is 2.25. The molecule has 3 nitrogen and oxygen atoms in total. The van der Waals surface area contributed by atoms with Crippen molar-refractivity contribution in [1.29, 1.82) is 0 Å². The minimum atomic E-state index is -1.02. The summed E-state index contributed by atoms with van der Waals surface area (Å²) in [6.07, 6.45) is 1.50. The molecule has 0 aliphatic carbocycles. The molecule has 0 aliphatic heterocycles. The number of carbonyl (C=O) groups is 1. The quantitative estimate of drug-likeness (QED) is 0.851. The molecule has 0 bridgehead atoms. The summed E-state index contributed by atoms with van der Waals surface area (Å²) >= 11 is 11.9. The molecule has 0 saturated carbocycles. The van der Waals surface area contributed by atoms with E-state index in [1.54, 1.807) is 36.4 Å². The van der Waals surface area contributed by atoms with Gasteiger partial charge in [-0.2, -0.15) is 0 Å². The van der Waals surface area contributed by atoms with Crippen LogP contribution in [-0.4, -0.2) is 17.3 Å². The summed E-state index contributed by atoms with van der Waals surface area (Å²) in [6, 6.07) is 11.7. The molecule has 0 amide bonds. The molecule has 0 aromatic heterocycles. The van der Waals surface area contributed by atoms with Crippen LogP contribution in [0.3, 0.4) is 0 Å². The van der Waals surface area contributed by atoms with E-state index in [0.717, 1.165) is 0 Å². The average Bonchev–Trinajstić information content (AvgIpc) is 2.40. The first kappa shape index (κ1) is 13.6. The fourth-order valence-corrected chi connectivity index (χ4v) is 1.88. The molecule has 0 aliphatic rings. The van der Waals surface area contributed by atoms with E-state index in [-0.39, 0.29) is 5.56 Å². The van der Waals surface area contributed by atoms with Gasteiger partial charge in [0, 0.05) is 11.8 Å². The Bertz CT molecular complexity index is 654. The highest BCUT2D eigenvalue weighted by Gasteiger charge is 2.07. The Kier molecular flexibility index (Phi) is 4.20. The van der Waals surface area contributed by atoms with Crippen LogP contribution in [0.1, 0.15) is 15.9 Å². The fraction of sp³-hybridized carbons (Fsp3) is 0. The summed E-state index contributed by atoms with van der Waals surface area (Å²) in [4.78, 5) is 15.2. The predicted octanol–water partition coefficient (Wildman–Crippen LogP) is 4.44. The molecule has 0 radical (unpaired) electrons. The lowest BCUT2D eigenvalue weighted by atomic mass is 10.2. The van der Waals surface area contributed by atoms with Gasteiger partial charge < -0.3 is 5.11 Å². The molecular weight excluding hydrogens is 285 g/mol. The van der Waals surface area contributed by atoms with E-state index < -0.39 is 5.97 Å². The zero-order valence-corrected chi connectivity index (χ0v) is 11.2. The SMILES string of the molecule is O=C(O)c1ccccc1N=Cc1cccc(Cl)c1Cl. The summed E-state index contributed by atoms with van der Waals surface area (Å²) in [5.74, 6) is -1.02. The van der Waals surface area contributed by atoms with Crippen molar-refractivity contribution in [2.24, 2.45) is 4.99 Å². The summed E-state index contributed by atoms with van der Waals surface area (Å²) in [7, 11) is 0. The van der Waals surface area contributed by atoms with Crippen molar-refractivity contribution in [1.82, 2.24) is 0 Å². The third kappa shape index (κ3) is 3.13. The maximum absolute atomic E-state index is 11.0. The van der Waals surface area contributed by atoms with Crippen molar-refractivity contribution < 1.29 is 9.90 Å². The number of benzene rings is 2. The second kappa shape index (κ2) is 5.87. The summed E-state index contributed by atoms with van der Waals surface area (Å²) < 4.78 is 0. The third-order valence-corrected chi connectivity index (χ3v) is 3.29. The van der Waals surface area contributed by atoms with Crippen LogP contribution in [0.5, 0.6) is 0 Å². The van der Waals surface area contributed by atoms with Gasteiger partial charge in [-0.3, -0.25) is 4.99 Å². The van der Waals surface area contributed by atoms with E-state index in [2.05, 4.69) is 4.99 Å². The molecule has 2 aromatic carbocycles. The Morgan fingerprint density at radius 2 is 1.84 bits per heavy atom. The maximum atomic E-state index is 11.0. The molecule has 19 heavy (non-hydrogen) atoms. The van der Waals surface area contributed by atoms with Crippen molar-refractivity contribution in [3.8, 4) is 0 Å². The van der Waals surface area contributed by atoms with Crippen molar-refractivity contribution >= 4 is 41.1 Å². The molecule has 2 aromatic rings. The molecule has 0 heterocycles. The fourth-order valence-electron chi connectivity index (χ4n) is 1.53. The molecule has 0 spiro atoms. The lowest BCUT2D eigenvalue weighted by Crippen LogP contribution is -1.96. The number of aliphatic imine (C=N–C) groups is 1. The number of rotatable bonds is 3. The van der Waals surface area contributed by atoms with Crippen molar-refractivity contribution in [2.75, 3.05) is 0 Å². The molecule has 0 unspecified atom stereocenters. The first-order valence-corrected chi connectivity index (χ1v) is 6.15. The van der Waals surface area contributed by atoms with Crippen LogP contribution >= 0.6 is 23.2 Å². The maximum Gasteiger partial charge on any atom is 0.337 e. The third-order valence-electron chi connectivity index (χ3n) is 2.46. The lowest BCUT2D eigenvalue weighted by Gasteiger charge is -2.01. The van der Waals surface area contributed by atoms with Crippen LogP contribution < -0.4 is 0 Å². The lowest BCUT2D eigenvalue weighted by molar-refractivity contribution is 0.0698. The Morgan fingerprint density at radius 1 is 1.11 bits per heavy atom. The Morgan fingerprint density at radius 3 is 2.58 bits per heavy atom. The number of halogens is 2. The Hall–Kier alpha value is -1.84. The number of carboxylic acids is 1. The summed E-state index contributed by atoms with van der Waals surface area (Å²) in [5, 5.41) is 9.86. The number of nitrogens with zero attached hydrogens (tertiary/aromatic N) is 1. The molecule has 0 saturated heterocycles. The number of carboxylic acid groups (broad SMARTS) is 1. The summed E-state index contributed by atoms with van der Waals surface area (Å²) in [6.45, 7) is 0. The van der Waals surface area contributed by atoms with E-state index >= 15 is 0 Å². The second-order valence-electron chi connectivity index (χ2n) is 3.72. The van der Waals surface area contributed by atoms with Crippen molar-refractivity contribution in [3.63, 3.8) is 0 Å². The second-order valence-corrected chi connectivity index (χ2v) is 4.51. The Labute approximate surface area is 120 Å².